The molecule has 76 valence electrons. The van der Waals surface area contributed by atoms with Crippen molar-refractivity contribution in [3.05, 3.63) is 22.7 Å². The highest BCUT2D eigenvalue weighted by molar-refractivity contribution is 9.10. The Kier molecular flexibility index (Phi) is 3.48. The van der Waals surface area contributed by atoms with E-state index in [0.717, 1.165) is 23.3 Å². The molecule has 1 aliphatic heterocycles. The predicted molar refractivity (Wildman–Crippen MR) is 59.1 cm³/mol. The molecule has 0 amide bonds. The van der Waals surface area contributed by atoms with E-state index in [-0.39, 0.29) is 0 Å². The van der Waals surface area contributed by atoms with Crippen molar-refractivity contribution in [2.45, 2.75) is 19.3 Å². The van der Waals surface area contributed by atoms with Crippen LogP contribution >= 0.6 is 15.9 Å². The fourth-order valence-electron chi connectivity index (χ4n) is 1.73. The predicted octanol–water partition coefficient (Wildman–Crippen LogP) is 1.88. The Morgan fingerprint density at radius 1 is 1.21 bits per heavy atom. The van der Waals surface area contributed by atoms with Crippen LogP contribution in [-0.2, 0) is 6.42 Å². The van der Waals surface area contributed by atoms with Gasteiger partial charge < -0.3 is 4.90 Å². The van der Waals surface area contributed by atoms with Crippen molar-refractivity contribution in [2.75, 3.05) is 19.6 Å². The van der Waals surface area contributed by atoms with Crippen LogP contribution in [-0.4, -0.2) is 34.5 Å². The minimum atomic E-state index is 0.945. The lowest BCUT2D eigenvalue weighted by atomic mass is 10.3. The summed E-state index contributed by atoms with van der Waals surface area (Å²) in [7, 11) is 0. The Labute approximate surface area is 92.7 Å². The molecule has 0 radical (unpaired) electrons. The molecule has 1 aromatic rings. The second kappa shape index (κ2) is 4.84. The van der Waals surface area contributed by atoms with Gasteiger partial charge in [-0.15, -0.1) is 0 Å². The first kappa shape index (κ1) is 10.1. The highest BCUT2D eigenvalue weighted by Gasteiger charge is 2.11. The van der Waals surface area contributed by atoms with Gasteiger partial charge in [-0.1, -0.05) is 0 Å². The number of hydrogen-bond acceptors (Lipinski definition) is 3. The maximum absolute atomic E-state index is 4.25. The first-order chi connectivity index (χ1) is 6.84. The second-order valence-electron chi connectivity index (χ2n) is 3.62. The molecule has 0 unspecified atom stereocenters. The van der Waals surface area contributed by atoms with E-state index < -0.39 is 0 Å². The average molecular weight is 256 g/mol. The second-order valence-corrected chi connectivity index (χ2v) is 4.53. The van der Waals surface area contributed by atoms with Crippen LogP contribution in [0, 0.1) is 0 Å². The van der Waals surface area contributed by atoms with E-state index >= 15 is 0 Å². The fourth-order valence-corrected chi connectivity index (χ4v) is 1.94. The van der Waals surface area contributed by atoms with Crippen LogP contribution in [0.25, 0.3) is 0 Å². The molecule has 2 rings (SSSR count). The molecule has 0 bridgehead atoms. The number of rotatable bonds is 3. The van der Waals surface area contributed by atoms with E-state index in [4.69, 9.17) is 0 Å². The molecule has 14 heavy (non-hydrogen) atoms. The standard InChI is InChI=1S/C10H14BrN3/c11-9-7-12-10(13-8-9)3-6-14-4-1-2-5-14/h7-8H,1-6H2. The van der Waals surface area contributed by atoms with Gasteiger partial charge in [-0.2, -0.15) is 0 Å². The van der Waals surface area contributed by atoms with Crippen molar-refractivity contribution in [1.82, 2.24) is 14.9 Å². The Hall–Kier alpha value is -0.480. The number of aromatic nitrogens is 2. The molecule has 0 aliphatic carbocycles. The van der Waals surface area contributed by atoms with Crippen LogP contribution in [0.5, 0.6) is 0 Å². The van der Waals surface area contributed by atoms with Gasteiger partial charge in [0.05, 0.1) is 4.47 Å². The molecule has 3 nitrogen and oxygen atoms in total. The zero-order chi connectivity index (χ0) is 9.80. The van der Waals surface area contributed by atoms with Gasteiger partial charge >= 0.3 is 0 Å². The largest absolute Gasteiger partial charge is 0.303 e. The van der Waals surface area contributed by atoms with Gasteiger partial charge in [0.15, 0.2) is 0 Å². The molecule has 1 aromatic heterocycles. The number of hydrogen-bond donors (Lipinski definition) is 0. The van der Waals surface area contributed by atoms with E-state index in [0.29, 0.717) is 0 Å². The van der Waals surface area contributed by atoms with Crippen LogP contribution in [0.4, 0.5) is 0 Å². The van der Waals surface area contributed by atoms with Crippen molar-refractivity contribution < 1.29 is 0 Å². The Balaban J connectivity index is 1.82. The molecule has 0 aromatic carbocycles. The molecule has 1 fully saturated rings. The van der Waals surface area contributed by atoms with E-state index in [1.807, 2.05) is 12.4 Å². The first-order valence-electron chi connectivity index (χ1n) is 5.03. The summed E-state index contributed by atoms with van der Waals surface area (Å²) in [6, 6.07) is 0. The van der Waals surface area contributed by atoms with E-state index in [1.54, 1.807) is 0 Å². The molecule has 4 heteroatoms. The summed E-state index contributed by atoms with van der Waals surface area (Å²) in [5.41, 5.74) is 0. The van der Waals surface area contributed by atoms with Crippen molar-refractivity contribution in [2.24, 2.45) is 0 Å². The summed E-state index contributed by atoms with van der Waals surface area (Å²) < 4.78 is 0.947. The fraction of sp³-hybridized carbons (Fsp3) is 0.600. The van der Waals surface area contributed by atoms with Crippen molar-refractivity contribution >= 4 is 15.9 Å². The summed E-state index contributed by atoms with van der Waals surface area (Å²) in [5, 5.41) is 0. The SMILES string of the molecule is Brc1cnc(CCN2CCCC2)nc1. The molecule has 0 spiro atoms. The molecule has 0 saturated carbocycles. The normalized spacial score (nSPS) is 17.5. The van der Waals surface area contributed by atoms with Gasteiger partial charge in [0, 0.05) is 25.4 Å². The van der Waals surface area contributed by atoms with Crippen LogP contribution in [0.3, 0.4) is 0 Å². The van der Waals surface area contributed by atoms with Gasteiger partial charge in [0.2, 0.25) is 0 Å². The summed E-state index contributed by atoms with van der Waals surface area (Å²) in [6.45, 7) is 3.59. The third-order valence-electron chi connectivity index (χ3n) is 2.52. The summed E-state index contributed by atoms with van der Waals surface area (Å²) in [4.78, 5) is 11.0. The van der Waals surface area contributed by atoms with Crippen LogP contribution in [0.1, 0.15) is 18.7 Å². The Morgan fingerprint density at radius 3 is 2.50 bits per heavy atom. The molecule has 0 N–H and O–H groups in total. The lowest BCUT2D eigenvalue weighted by Crippen LogP contribution is -2.22. The maximum Gasteiger partial charge on any atom is 0.129 e. The number of likely N-dealkylation sites (tertiary alicyclic amines) is 1. The quantitative estimate of drug-likeness (QED) is 0.826. The lowest BCUT2D eigenvalue weighted by Gasteiger charge is -2.12. The third kappa shape index (κ3) is 2.75. The maximum atomic E-state index is 4.25. The molecule has 1 saturated heterocycles. The zero-order valence-electron chi connectivity index (χ0n) is 8.12. The summed E-state index contributed by atoms with van der Waals surface area (Å²) in [6.07, 6.45) is 7.29. The van der Waals surface area contributed by atoms with Crippen LogP contribution in [0.2, 0.25) is 0 Å². The molecular weight excluding hydrogens is 242 g/mol. The topological polar surface area (TPSA) is 29.0 Å². The Bertz CT molecular complexity index is 280. The zero-order valence-corrected chi connectivity index (χ0v) is 9.70. The van der Waals surface area contributed by atoms with Gasteiger partial charge in [-0.25, -0.2) is 9.97 Å². The first-order valence-corrected chi connectivity index (χ1v) is 5.83. The van der Waals surface area contributed by atoms with Crippen molar-refractivity contribution in [3.63, 3.8) is 0 Å². The van der Waals surface area contributed by atoms with Gasteiger partial charge in [-0.05, 0) is 41.9 Å². The summed E-state index contributed by atoms with van der Waals surface area (Å²) >= 11 is 3.33. The molecule has 2 heterocycles. The highest BCUT2D eigenvalue weighted by Crippen LogP contribution is 2.08. The van der Waals surface area contributed by atoms with Gasteiger partial charge in [0.1, 0.15) is 5.82 Å². The smallest absolute Gasteiger partial charge is 0.129 e. The van der Waals surface area contributed by atoms with Crippen molar-refractivity contribution in [1.29, 1.82) is 0 Å². The number of nitrogens with zero attached hydrogens (tertiary/aromatic N) is 3. The molecular formula is C10H14BrN3. The van der Waals surface area contributed by atoms with Crippen LogP contribution < -0.4 is 0 Å². The average Bonchev–Trinajstić information content (AvgIpc) is 2.70. The third-order valence-corrected chi connectivity index (χ3v) is 2.93. The van der Waals surface area contributed by atoms with E-state index in [2.05, 4.69) is 30.8 Å². The lowest BCUT2D eigenvalue weighted by molar-refractivity contribution is 0.341. The molecule has 1 aliphatic rings. The van der Waals surface area contributed by atoms with E-state index in [1.165, 1.54) is 25.9 Å². The van der Waals surface area contributed by atoms with Gasteiger partial charge in [-0.3, -0.25) is 0 Å². The van der Waals surface area contributed by atoms with Crippen LogP contribution in [0.15, 0.2) is 16.9 Å². The highest BCUT2D eigenvalue weighted by atomic mass is 79.9. The summed E-state index contributed by atoms with van der Waals surface area (Å²) in [5.74, 6) is 0.945. The minimum Gasteiger partial charge on any atom is -0.303 e. The van der Waals surface area contributed by atoms with E-state index in [9.17, 15) is 0 Å². The molecule has 0 atom stereocenters. The van der Waals surface area contributed by atoms with Gasteiger partial charge in [0.25, 0.3) is 0 Å². The minimum absolute atomic E-state index is 0.945. The monoisotopic (exact) mass is 255 g/mol. The Morgan fingerprint density at radius 2 is 1.86 bits per heavy atom. The van der Waals surface area contributed by atoms with Crippen molar-refractivity contribution in [3.8, 4) is 0 Å². The number of halogens is 1.